The van der Waals surface area contributed by atoms with E-state index in [0.29, 0.717) is 0 Å². The molecule has 0 radical (unpaired) electrons. The molecule has 0 heterocycles. The Morgan fingerprint density at radius 2 is 1.90 bits per heavy atom. The quantitative estimate of drug-likeness (QED) is 0.829. The van der Waals surface area contributed by atoms with Crippen LogP contribution in [0, 0.1) is 0 Å². The zero-order valence-corrected chi connectivity index (χ0v) is 12.7. The summed E-state index contributed by atoms with van der Waals surface area (Å²) in [4.78, 5) is 11.5. The molecule has 0 aromatic heterocycles. The van der Waals surface area contributed by atoms with Gasteiger partial charge < -0.3 is 10.1 Å². The topological polar surface area (TPSA) is 38.3 Å². The van der Waals surface area contributed by atoms with Crippen molar-refractivity contribution < 1.29 is 22.7 Å². The number of benzene rings is 1. The van der Waals surface area contributed by atoms with Gasteiger partial charge in [-0.3, -0.25) is 4.79 Å². The maximum absolute atomic E-state index is 12.8. The van der Waals surface area contributed by atoms with Gasteiger partial charge in [-0.2, -0.15) is 13.2 Å². The van der Waals surface area contributed by atoms with Crippen LogP contribution < -0.4 is 5.32 Å². The van der Waals surface area contributed by atoms with Gasteiger partial charge in [0.15, 0.2) is 0 Å². The molecule has 3 nitrogen and oxygen atoms in total. The SMILES string of the molecule is CC(C)(C)OC(=O)CCNc1ccc(Cl)cc1C(F)(F)F. The molecule has 0 aliphatic rings. The first-order chi connectivity index (χ1) is 9.49. The van der Waals surface area contributed by atoms with Crippen molar-refractivity contribution in [1.29, 1.82) is 0 Å². The zero-order chi connectivity index (χ0) is 16.3. The third kappa shape index (κ3) is 6.25. The lowest BCUT2D eigenvalue weighted by atomic mass is 10.1. The Kier molecular flexibility index (Phi) is 5.50. The van der Waals surface area contributed by atoms with E-state index in [-0.39, 0.29) is 23.7 Å². The summed E-state index contributed by atoms with van der Waals surface area (Å²) in [5.74, 6) is -0.475. The summed E-state index contributed by atoms with van der Waals surface area (Å²) in [6.45, 7) is 5.21. The van der Waals surface area contributed by atoms with Gasteiger partial charge in [0, 0.05) is 17.3 Å². The molecular weight excluding hydrogens is 307 g/mol. The molecular formula is C14H17ClF3NO2. The van der Waals surface area contributed by atoms with Crippen LogP contribution in [0.1, 0.15) is 32.8 Å². The molecule has 0 saturated carbocycles. The Balaban J connectivity index is 2.66. The smallest absolute Gasteiger partial charge is 0.418 e. The number of anilines is 1. The molecule has 0 aliphatic heterocycles. The van der Waals surface area contributed by atoms with E-state index in [1.165, 1.54) is 12.1 Å². The Morgan fingerprint density at radius 3 is 2.43 bits per heavy atom. The molecule has 0 unspecified atom stereocenters. The van der Waals surface area contributed by atoms with Crippen molar-refractivity contribution >= 4 is 23.3 Å². The van der Waals surface area contributed by atoms with E-state index >= 15 is 0 Å². The number of hydrogen-bond donors (Lipinski definition) is 1. The van der Waals surface area contributed by atoms with Crippen LogP contribution in [0.4, 0.5) is 18.9 Å². The van der Waals surface area contributed by atoms with E-state index in [1.807, 2.05) is 0 Å². The third-order valence-corrected chi connectivity index (χ3v) is 2.59. The minimum absolute atomic E-state index is 0.0000160. The lowest BCUT2D eigenvalue weighted by molar-refractivity contribution is -0.154. The summed E-state index contributed by atoms with van der Waals surface area (Å²) in [7, 11) is 0. The first-order valence-corrected chi connectivity index (χ1v) is 6.69. The van der Waals surface area contributed by atoms with Crippen molar-refractivity contribution in [1.82, 2.24) is 0 Å². The van der Waals surface area contributed by atoms with Crippen molar-refractivity contribution in [2.75, 3.05) is 11.9 Å². The molecule has 0 saturated heterocycles. The van der Waals surface area contributed by atoms with Crippen molar-refractivity contribution in [3.8, 4) is 0 Å². The van der Waals surface area contributed by atoms with Gasteiger partial charge >= 0.3 is 12.1 Å². The molecule has 1 aromatic carbocycles. The van der Waals surface area contributed by atoms with Gasteiger partial charge in [0.25, 0.3) is 0 Å². The van der Waals surface area contributed by atoms with E-state index in [1.54, 1.807) is 20.8 Å². The average molecular weight is 324 g/mol. The lowest BCUT2D eigenvalue weighted by Gasteiger charge is -2.20. The maximum atomic E-state index is 12.8. The number of rotatable bonds is 4. The van der Waals surface area contributed by atoms with Crippen LogP contribution >= 0.6 is 11.6 Å². The van der Waals surface area contributed by atoms with Crippen molar-refractivity contribution in [3.63, 3.8) is 0 Å². The molecule has 0 aliphatic carbocycles. The van der Waals surface area contributed by atoms with Crippen LogP contribution in [0.3, 0.4) is 0 Å². The number of hydrogen-bond acceptors (Lipinski definition) is 3. The molecule has 0 atom stereocenters. The van der Waals surface area contributed by atoms with Crippen LogP contribution in [0.25, 0.3) is 0 Å². The number of alkyl halides is 3. The highest BCUT2D eigenvalue weighted by atomic mass is 35.5. The summed E-state index contributed by atoms with van der Waals surface area (Å²) in [5.41, 5.74) is -1.59. The van der Waals surface area contributed by atoms with E-state index < -0.39 is 23.3 Å². The van der Waals surface area contributed by atoms with Gasteiger partial charge in [-0.1, -0.05) is 11.6 Å². The Morgan fingerprint density at radius 1 is 1.29 bits per heavy atom. The summed E-state index contributed by atoms with van der Waals surface area (Å²) in [5, 5.41) is 2.58. The van der Waals surface area contributed by atoms with Crippen LogP contribution in [0.15, 0.2) is 18.2 Å². The minimum atomic E-state index is -4.51. The van der Waals surface area contributed by atoms with Gasteiger partial charge in [-0.15, -0.1) is 0 Å². The summed E-state index contributed by atoms with van der Waals surface area (Å²) >= 11 is 5.58. The maximum Gasteiger partial charge on any atom is 0.418 e. The van der Waals surface area contributed by atoms with E-state index in [9.17, 15) is 18.0 Å². The highest BCUT2D eigenvalue weighted by Crippen LogP contribution is 2.36. The summed E-state index contributed by atoms with van der Waals surface area (Å²) in [6.07, 6.45) is -4.55. The normalized spacial score (nSPS) is 12.1. The molecule has 21 heavy (non-hydrogen) atoms. The average Bonchev–Trinajstić information content (AvgIpc) is 2.27. The van der Waals surface area contributed by atoms with Crippen LogP contribution in [0.2, 0.25) is 5.02 Å². The van der Waals surface area contributed by atoms with Crippen LogP contribution in [0.5, 0.6) is 0 Å². The minimum Gasteiger partial charge on any atom is -0.460 e. The van der Waals surface area contributed by atoms with Crippen molar-refractivity contribution in [2.45, 2.75) is 39.0 Å². The summed E-state index contributed by atoms with van der Waals surface area (Å²) in [6, 6.07) is 3.43. The van der Waals surface area contributed by atoms with Gasteiger partial charge in [-0.25, -0.2) is 0 Å². The molecule has 0 amide bonds. The summed E-state index contributed by atoms with van der Waals surface area (Å²) < 4.78 is 43.6. The van der Waals surface area contributed by atoms with E-state index in [2.05, 4.69) is 5.32 Å². The third-order valence-electron chi connectivity index (χ3n) is 2.35. The second-order valence-electron chi connectivity index (χ2n) is 5.45. The number of esters is 1. The van der Waals surface area contributed by atoms with Crippen LogP contribution in [-0.4, -0.2) is 18.1 Å². The predicted octanol–water partition coefficient (Wildman–Crippen LogP) is 4.50. The zero-order valence-electron chi connectivity index (χ0n) is 12.0. The number of ether oxygens (including phenoxy) is 1. The van der Waals surface area contributed by atoms with Crippen molar-refractivity contribution in [3.05, 3.63) is 28.8 Å². The Hall–Kier alpha value is -1.43. The fraction of sp³-hybridized carbons (Fsp3) is 0.500. The highest BCUT2D eigenvalue weighted by molar-refractivity contribution is 6.30. The molecule has 118 valence electrons. The Bertz CT molecular complexity index is 510. The fourth-order valence-electron chi connectivity index (χ4n) is 1.60. The molecule has 7 heteroatoms. The van der Waals surface area contributed by atoms with Crippen LogP contribution in [-0.2, 0) is 15.7 Å². The predicted molar refractivity (Wildman–Crippen MR) is 75.4 cm³/mol. The lowest BCUT2D eigenvalue weighted by Crippen LogP contribution is -2.25. The monoisotopic (exact) mass is 323 g/mol. The first-order valence-electron chi connectivity index (χ1n) is 6.31. The second-order valence-corrected chi connectivity index (χ2v) is 5.89. The highest BCUT2D eigenvalue weighted by Gasteiger charge is 2.33. The molecule has 1 rings (SSSR count). The fourth-order valence-corrected chi connectivity index (χ4v) is 1.77. The molecule has 1 N–H and O–H groups in total. The molecule has 0 fully saturated rings. The number of nitrogens with one attached hydrogen (secondary N) is 1. The second kappa shape index (κ2) is 6.56. The van der Waals surface area contributed by atoms with Gasteiger partial charge in [0.05, 0.1) is 12.0 Å². The molecule has 0 bridgehead atoms. The first kappa shape index (κ1) is 17.6. The number of carbonyl (C=O) groups is 1. The molecule has 0 spiro atoms. The van der Waals surface area contributed by atoms with E-state index in [0.717, 1.165) is 6.07 Å². The standard InChI is InChI=1S/C14H17ClF3NO2/c1-13(2,3)21-12(20)6-7-19-11-5-4-9(15)8-10(11)14(16,17)18/h4-5,8,19H,6-7H2,1-3H3. The van der Waals surface area contributed by atoms with Gasteiger partial charge in [-0.05, 0) is 39.0 Å². The van der Waals surface area contributed by atoms with E-state index in [4.69, 9.17) is 16.3 Å². The largest absolute Gasteiger partial charge is 0.460 e. The van der Waals surface area contributed by atoms with Crippen molar-refractivity contribution in [2.24, 2.45) is 0 Å². The number of carbonyl (C=O) groups excluding carboxylic acids is 1. The van der Waals surface area contributed by atoms with Gasteiger partial charge in [0.1, 0.15) is 5.60 Å². The Labute approximate surface area is 126 Å². The molecule has 1 aromatic rings. The van der Waals surface area contributed by atoms with Gasteiger partial charge in [0.2, 0.25) is 0 Å². The number of halogens is 4.